The number of carbonyl (C=O) groups is 1. The standard InChI is InChI=1S/C22H31NO4/c1-2-3-7-20(27-21(24)25)26-16-9-8-15-13-19-17-6-4-5-10-22(17,11-12-23-19)18(15)14-16/h8-9,14,17,19-20,23H,2-7,10-13H2,1H3,(H,24,25)/t17-,19+,20?,22+/m0/s1. The third-order valence-electron chi connectivity index (χ3n) is 6.91. The second-order valence-electron chi connectivity index (χ2n) is 8.42. The van der Waals surface area contributed by atoms with E-state index in [0.29, 0.717) is 18.4 Å². The van der Waals surface area contributed by atoms with Gasteiger partial charge in [0.1, 0.15) is 5.75 Å². The number of hydrogen-bond acceptors (Lipinski definition) is 4. The first-order valence-corrected chi connectivity index (χ1v) is 10.6. The Hall–Kier alpha value is -1.75. The van der Waals surface area contributed by atoms with E-state index in [1.54, 1.807) is 0 Å². The molecule has 2 fully saturated rings. The van der Waals surface area contributed by atoms with Crippen LogP contribution >= 0.6 is 0 Å². The van der Waals surface area contributed by atoms with Gasteiger partial charge in [0, 0.05) is 17.9 Å². The highest BCUT2D eigenvalue weighted by Crippen LogP contribution is 2.54. The van der Waals surface area contributed by atoms with Gasteiger partial charge in [-0.3, -0.25) is 0 Å². The Morgan fingerprint density at radius 2 is 2.26 bits per heavy atom. The van der Waals surface area contributed by atoms with Crippen LogP contribution in [0.5, 0.6) is 5.75 Å². The lowest BCUT2D eigenvalue weighted by Gasteiger charge is -2.56. The predicted molar refractivity (Wildman–Crippen MR) is 103 cm³/mol. The van der Waals surface area contributed by atoms with Crippen LogP contribution in [0.4, 0.5) is 4.79 Å². The van der Waals surface area contributed by atoms with Gasteiger partial charge in [0.15, 0.2) is 0 Å². The van der Waals surface area contributed by atoms with E-state index in [1.165, 1.54) is 43.2 Å². The molecule has 1 unspecified atom stereocenters. The van der Waals surface area contributed by atoms with E-state index in [2.05, 4.69) is 24.4 Å². The molecule has 1 aliphatic heterocycles. The Balaban J connectivity index is 1.61. The predicted octanol–water partition coefficient (Wildman–Crippen LogP) is 4.62. The molecule has 4 atom stereocenters. The summed E-state index contributed by atoms with van der Waals surface area (Å²) in [4.78, 5) is 11.0. The summed E-state index contributed by atoms with van der Waals surface area (Å²) < 4.78 is 11.0. The molecule has 148 valence electrons. The highest BCUT2D eigenvalue weighted by Gasteiger charge is 2.51. The van der Waals surface area contributed by atoms with Gasteiger partial charge >= 0.3 is 6.16 Å². The molecule has 0 radical (unpaired) electrons. The molecule has 3 aliphatic rings. The normalized spacial score (nSPS) is 30.0. The first kappa shape index (κ1) is 18.6. The van der Waals surface area contributed by atoms with Gasteiger partial charge in [0.25, 0.3) is 0 Å². The van der Waals surface area contributed by atoms with E-state index in [1.807, 2.05) is 6.07 Å². The number of ether oxygens (including phenoxy) is 2. The van der Waals surface area contributed by atoms with Crippen molar-refractivity contribution in [3.05, 3.63) is 29.3 Å². The Morgan fingerprint density at radius 1 is 1.37 bits per heavy atom. The molecule has 2 bridgehead atoms. The number of unbranched alkanes of at least 4 members (excludes halogenated alkanes) is 1. The molecule has 1 saturated heterocycles. The lowest BCUT2D eigenvalue weighted by atomic mass is 9.53. The molecule has 4 rings (SSSR count). The molecular formula is C22H31NO4. The number of carboxylic acid groups (broad SMARTS) is 1. The molecule has 27 heavy (non-hydrogen) atoms. The van der Waals surface area contributed by atoms with Gasteiger partial charge < -0.3 is 19.9 Å². The molecule has 5 nitrogen and oxygen atoms in total. The van der Waals surface area contributed by atoms with Gasteiger partial charge in [0.2, 0.25) is 6.29 Å². The smallest absolute Gasteiger partial charge is 0.455 e. The molecule has 2 N–H and O–H groups in total. The van der Waals surface area contributed by atoms with Crippen LogP contribution in [0.2, 0.25) is 0 Å². The molecule has 2 aliphatic carbocycles. The number of rotatable bonds is 6. The summed E-state index contributed by atoms with van der Waals surface area (Å²) in [6, 6.07) is 6.97. The lowest BCUT2D eigenvalue weighted by molar-refractivity contribution is -0.0583. The zero-order chi connectivity index (χ0) is 18.9. The van der Waals surface area contributed by atoms with Crippen LogP contribution in [0.1, 0.15) is 69.4 Å². The van der Waals surface area contributed by atoms with Crippen LogP contribution in [-0.4, -0.2) is 30.1 Å². The summed E-state index contributed by atoms with van der Waals surface area (Å²) in [5.41, 5.74) is 3.15. The van der Waals surface area contributed by atoms with Crippen molar-refractivity contribution in [1.82, 2.24) is 5.32 Å². The van der Waals surface area contributed by atoms with Crippen molar-refractivity contribution in [2.75, 3.05) is 6.54 Å². The zero-order valence-electron chi connectivity index (χ0n) is 16.2. The van der Waals surface area contributed by atoms with Crippen molar-refractivity contribution in [3.8, 4) is 5.75 Å². The van der Waals surface area contributed by atoms with Gasteiger partial charge in [-0.05, 0) is 67.8 Å². The van der Waals surface area contributed by atoms with E-state index in [4.69, 9.17) is 14.6 Å². The van der Waals surface area contributed by atoms with Crippen molar-refractivity contribution < 1.29 is 19.4 Å². The van der Waals surface area contributed by atoms with Crippen LogP contribution in [0.25, 0.3) is 0 Å². The number of fused-ring (bicyclic) bond motifs is 1. The van der Waals surface area contributed by atoms with Crippen LogP contribution in [-0.2, 0) is 16.6 Å². The fourth-order valence-corrected chi connectivity index (χ4v) is 5.75. The van der Waals surface area contributed by atoms with Crippen molar-refractivity contribution in [1.29, 1.82) is 0 Å². The van der Waals surface area contributed by atoms with Gasteiger partial charge in [-0.15, -0.1) is 0 Å². The second kappa shape index (κ2) is 7.70. The van der Waals surface area contributed by atoms with Crippen LogP contribution in [0, 0.1) is 5.92 Å². The minimum absolute atomic E-state index is 0.272. The monoisotopic (exact) mass is 373 g/mol. The average Bonchev–Trinajstić information content (AvgIpc) is 2.66. The van der Waals surface area contributed by atoms with Gasteiger partial charge in [-0.2, -0.15) is 0 Å². The maximum Gasteiger partial charge on any atom is 0.508 e. The Labute approximate surface area is 161 Å². The van der Waals surface area contributed by atoms with Crippen LogP contribution in [0.3, 0.4) is 0 Å². The first-order valence-electron chi connectivity index (χ1n) is 10.6. The topological polar surface area (TPSA) is 67.8 Å². The van der Waals surface area contributed by atoms with Crippen LogP contribution < -0.4 is 10.1 Å². The average molecular weight is 373 g/mol. The molecule has 5 heteroatoms. The fourth-order valence-electron chi connectivity index (χ4n) is 5.75. The molecule has 1 saturated carbocycles. The quantitative estimate of drug-likeness (QED) is 0.562. The highest BCUT2D eigenvalue weighted by atomic mass is 16.8. The number of nitrogens with one attached hydrogen (secondary N) is 1. The molecule has 1 aromatic rings. The molecule has 0 spiro atoms. The van der Waals surface area contributed by atoms with E-state index in [9.17, 15) is 4.79 Å². The maximum atomic E-state index is 11.0. The highest BCUT2D eigenvalue weighted by molar-refractivity contribution is 5.57. The van der Waals surface area contributed by atoms with Gasteiger partial charge in [-0.25, -0.2) is 4.79 Å². The fraction of sp³-hybridized carbons (Fsp3) is 0.682. The number of hydrogen-bond donors (Lipinski definition) is 2. The van der Waals surface area contributed by atoms with Crippen molar-refractivity contribution in [3.63, 3.8) is 0 Å². The minimum Gasteiger partial charge on any atom is -0.455 e. The SMILES string of the molecule is CCCCC(OC(=O)O)Oc1ccc2c(c1)[C@@]13CCCC[C@H]1[C@@H](C2)NCC3. The van der Waals surface area contributed by atoms with Gasteiger partial charge in [0.05, 0.1) is 0 Å². The first-order chi connectivity index (χ1) is 13.1. The van der Waals surface area contributed by atoms with Crippen molar-refractivity contribution in [2.45, 2.75) is 82.5 Å². The van der Waals surface area contributed by atoms with E-state index in [-0.39, 0.29) is 5.41 Å². The Kier molecular flexibility index (Phi) is 5.31. The van der Waals surface area contributed by atoms with E-state index in [0.717, 1.165) is 31.6 Å². The van der Waals surface area contributed by atoms with Crippen molar-refractivity contribution in [2.24, 2.45) is 5.92 Å². The van der Waals surface area contributed by atoms with Gasteiger partial charge in [-0.1, -0.05) is 32.3 Å². The third-order valence-corrected chi connectivity index (χ3v) is 6.91. The number of piperidine rings is 1. The van der Waals surface area contributed by atoms with E-state index < -0.39 is 12.4 Å². The summed E-state index contributed by atoms with van der Waals surface area (Å²) >= 11 is 0. The molecule has 0 aromatic heterocycles. The molecule has 1 heterocycles. The second-order valence-corrected chi connectivity index (χ2v) is 8.42. The Bertz CT molecular complexity index is 687. The summed E-state index contributed by atoms with van der Waals surface area (Å²) in [5, 5.41) is 12.8. The summed E-state index contributed by atoms with van der Waals surface area (Å²) in [5.74, 6) is 1.46. The molecular weight excluding hydrogens is 342 g/mol. The van der Waals surface area contributed by atoms with E-state index >= 15 is 0 Å². The van der Waals surface area contributed by atoms with Crippen molar-refractivity contribution >= 4 is 6.16 Å². The minimum atomic E-state index is -1.28. The summed E-state index contributed by atoms with van der Waals surface area (Å²) in [7, 11) is 0. The zero-order valence-corrected chi connectivity index (χ0v) is 16.2. The molecule has 0 amide bonds. The third kappa shape index (κ3) is 3.54. The van der Waals surface area contributed by atoms with Crippen LogP contribution in [0.15, 0.2) is 18.2 Å². The molecule has 1 aromatic carbocycles. The largest absolute Gasteiger partial charge is 0.508 e. The Morgan fingerprint density at radius 3 is 3.07 bits per heavy atom. The summed E-state index contributed by atoms with van der Waals surface area (Å²) in [6.45, 7) is 3.17. The number of benzene rings is 1. The summed E-state index contributed by atoms with van der Waals surface area (Å²) in [6.07, 6.45) is 7.92. The maximum absolute atomic E-state index is 11.0. The lowest BCUT2D eigenvalue weighted by Crippen LogP contribution is -2.59.